The first-order chi connectivity index (χ1) is 13.4. The molecule has 0 bridgehead atoms. The van der Waals surface area contributed by atoms with E-state index in [1.807, 2.05) is 13.0 Å². The fourth-order valence-electron chi connectivity index (χ4n) is 3.13. The summed E-state index contributed by atoms with van der Waals surface area (Å²) in [6.45, 7) is 3.79. The van der Waals surface area contributed by atoms with E-state index in [2.05, 4.69) is 0 Å². The Kier molecular flexibility index (Phi) is 5.35. The molecule has 0 saturated carbocycles. The van der Waals surface area contributed by atoms with Crippen molar-refractivity contribution in [2.45, 2.75) is 20.4 Å². The Hall–Kier alpha value is -3.74. The number of benzene rings is 2. The molecule has 7 nitrogen and oxygen atoms in total. The fourth-order valence-corrected chi connectivity index (χ4v) is 3.13. The average molecular weight is 377 g/mol. The minimum atomic E-state index is -0.465. The third-order valence-electron chi connectivity index (χ3n) is 4.54. The molecule has 0 unspecified atom stereocenters. The molecule has 0 saturated heterocycles. The van der Waals surface area contributed by atoms with E-state index in [0.717, 1.165) is 17.5 Å². The van der Waals surface area contributed by atoms with Gasteiger partial charge in [0.25, 0.3) is 11.6 Å². The number of carbonyl (C=O) groups excluding carboxylic acids is 2. The zero-order valence-corrected chi connectivity index (χ0v) is 15.5. The molecule has 0 atom stereocenters. The summed E-state index contributed by atoms with van der Waals surface area (Å²) in [5.41, 5.74) is 3.12. The molecule has 7 heteroatoms. The molecule has 3 aromatic rings. The van der Waals surface area contributed by atoms with Crippen LogP contribution in [0.5, 0.6) is 0 Å². The van der Waals surface area contributed by atoms with E-state index in [4.69, 9.17) is 0 Å². The molecule has 0 aliphatic rings. The molecule has 0 N–H and O–H groups in total. The molecule has 0 spiro atoms. The molecule has 0 fully saturated rings. The number of aromatic nitrogens is 1. The van der Waals surface area contributed by atoms with Crippen molar-refractivity contribution in [3.05, 3.63) is 98.9 Å². The highest BCUT2D eigenvalue weighted by molar-refractivity contribution is 6.01. The number of nitro groups is 1. The van der Waals surface area contributed by atoms with E-state index in [1.54, 1.807) is 54.1 Å². The number of rotatable bonds is 6. The second-order valence-electron chi connectivity index (χ2n) is 6.41. The first-order valence-electron chi connectivity index (χ1n) is 8.67. The highest BCUT2D eigenvalue weighted by Gasteiger charge is 2.22. The van der Waals surface area contributed by atoms with Crippen LogP contribution in [0.4, 0.5) is 5.69 Å². The summed E-state index contributed by atoms with van der Waals surface area (Å²) >= 11 is 0. The summed E-state index contributed by atoms with van der Waals surface area (Å²) in [6, 6.07) is 16.6. The van der Waals surface area contributed by atoms with Gasteiger partial charge in [-0.3, -0.25) is 24.4 Å². The van der Waals surface area contributed by atoms with Crippen molar-refractivity contribution in [2.24, 2.45) is 0 Å². The van der Waals surface area contributed by atoms with Crippen LogP contribution in [0.3, 0.4) is 0 Å². The summed E-state index contributed by atoms with van der Waals surface area (Å²) in [5.74, 6) is -0.238. The van der Waals surface area contributed by atoms with Gasteiger partial charge in [0.05, 0.1) is 11.5 Å². The van der Waals surface area contributed by atoms with E-state index >= 15 is 0 Å². The van der Waals surface area contributed by atoms with Crippen molar-refractivity contribution >= 4 is 17.9 Å². The topological polar surface area (TPSA) is 85.4 Å². The van der Waals surface area contributed by atoms with Gasteiger partial charge in [-0.15, -0.1) is 0 Å². The number of hydrogen-bond acceptors (Lipinski definition) is 4. The normalized spacial score (nSPS) is 10.5. The van der Waals surface area contributed by atoms with Gasteiger partial charge in [-0.1, -0.05) is 30.3 Å². The van der Waals surface area contributed by atoms with E-state index in [9.17, 15) is 19.7 Å². The third-order valence-corrected chi connectivity index (χ3v) is 4.54. The number of aldehydes is 1. The van der Waals surface area contributed by atoms with Gasteiger partial charge >= 0.3 is 0 Å². The lowest BCUT2D eigenvalue weighted by Crippen LogP contribution is -2.41. The molecule has 0 aliphatic carbocycles. The van der Waals surface area contributed by atoms with Crippen LogP contribution in [-0.4, -0.2) is 21.8 Å². The van der Waals surface area contributed by atoms with Crippen molar-refractivity contribution in [3.8, 4) is 0 Å². The first kappa shape index (κ1) is 19.0. The van der Waals surface area contributed by atoms with Crippen molar-refractivity contribution < 1.29 is 14.5 Å². The highest BCUT2D eigenvalue weighted by Crippen LogP contribution is 2.19. The van der Waals surface area contributed by atoms with Crippen molar-refractivity contribution in [2.75, 3.05) is 5.01 Å². The van der Waals surface area contributed by atoms with Crippen molar-refractivity contribution in [1.82, 2.24) is 4.68 Å². The minimum absolute atomic E-state index is 0.0127. The lowest BCUT2D eigenvalue weighted by molar-refractivity contribution is -0.384. The third kappa shape index (κ3) is 3.68. The van der Waals surface area contributed by atoms with Crippen LogP contribution in [-0.2, 0) is 6.54 Å². The van der Waals surface area contributed by atoms with Crippen LogP contribution in [0.2, 0.25) is 0 Å². The number of aryl methyl sites for hydroxylation is 1. The summed E-state index contributed by atoms with van der Waals surface area (Å²) in [6.07, 6.45) is 0.760. The van der Waals surface area contributed by atoms with Crippen LogP contribution >= 0.6 is 0 Å². The Morgan fingerprint density at radius 3 is 2.29 bits per heavy atom. The van der Waals surface area contributed by atoms with Crippen molar-refractivity contribution in [1.29, 1.82) is 0 Å². The van der Waals surface area contributed by atoms with Gasteiger partial charge in [-0.25, -0.2) is 5.01 Å². The number of amides is 1. The maximum Gasteiger partial charge on any atom is 0.273 e. The monoisotopic (exact) mass is 377 g/mol. The molecule has 142 valence electrons. The van der Waals surface area contributed by atoms with Crippen LogP contribution in [0, 0.1) is 24.0 Å². The van der Waals surface area contributed by atoms with E-state index in [1.165, 1.54) is 17.1 Å². The summed E-state index contributed by atoms with van der Waals surface area (Å²) < 4.78 is 1.71. The zero-order valence-electron chi connectivity index (χ0n) is 15.5. The number of nitrogens with zero attached hydrogens (tertiary/aromatic N) is 3. The predicted molar refractivity (Wildman–Crippen MR) is 105 cm³/mol. The smallest absolute Gasteiger partial charge is 0.273 e. The standard InChI is InChI=1S/C21H19N3O4/c1-15-12-19(14-25)16(2)23(15)22(21(26)18-6-4-3-5-7-18)13-17-8-10-20(11-9-17)24(27)28/h3-12,14H,13H2,1-2H3. The first-order valence-corrected chi connectivity index (χ1v) is 8.67. The van der Waals surface area contributed by atoms with E-state index in [-0.39, 0.29) is 18.1 Å². The van der Waals surface area contributed by atoms with Crippen LogP contribution in [0.1, 0.15) is 37.7 Å². The zero-order chi connectivity index (χ0) is 20.3. The van der Waals surface area contributed by atoms with Crippen molar-refractivity contribution in [3.63, 3.8) is 0 Å². The van der Waals surface area contributed by atoms with Gasteiger partial charge in [-0.05, 0) is 37.6 Å². The van der Waals surface area contributed by atoms with Crippen LogP contribution in [0.15, 0.2) is 60.7 Å². The largest absolute Gasteiger partial charge is 0.298 e. The van der Waals surface area contributed by atoms with Gasteiger partial charge in [0.15, 0.2) is 6.29 Å². The summed E-state index contributed by atoms with van der Waals surface area (Å²) in [5, 5.41) is 12.4. The number of nitro benzene ring substituents is 1. The van der Waals surface area contributed by atoms with E-state index < -0.39 is 4.92 Å². The lowest BCUT2D eigenvalue weighted by Gasteiger charge is -2.27. The molecule has 1 aromatic heterocycles. The quantitative estimate of drug-likeness (QED) is 0.371. The predicted octanol–water partition coefficient (Wildman–Crippen LogP) is 3.80. The molecule has 28 heavy (non-hydrogen) atoms. The Morgan fingerprint density at radius 1 is 1.11 bits per heavy atom. The fraction of sp³-hybridized carbons (Fsp3) is 0.143. The minimum Gasteiger partial charge on any atom is -0.298 e. The van der Waals surface area contributed by atoms with Gasteiger partial charge in [0, 0.05) is 34.6 Å². The second-order valence-corrected chi connectivity index (χ2v) is 6.41. The van der Waals surface area contributed by atoms with Gasteiger partial charge < -0.3 is 0 Å². The number of carbonyl (C=O) groups is 2. The Bertz CT molecular complexity index is 1020. The SMILES string of the molecule is Cc1cc(C=O)c(C)n1N(Cc1ccc([N+](=O)[O-])cc1)C(=O)c1ccccc1. The summed E-state index contributed by atoms with van der Waals surface area (Å²) in [4.78, 5) is 35.0. The molecule has 0 aliphatic heterocycles. The number of non-ortho nitro benzene ring substituents is 1. The maximum atomic E-state index is 13.2. The Balaban J connectivity index is 2.04. The molecule has 0 radical (unpaired) electrons. The molecule has 1 amide bonds. The molecule has 1 heterocycles. The average Bonchev–Trinajstić information content (AvgIpc) is 3.00. The highest BCUT2D eigenvalue weighted by atomic mass is 16.6. The van der Waals surface area contributed by atoms with Crippen LogP contribution < -0.4 is 5.01 Å². The van der Waals surface area contributed by atoms with Gasteiger partial charge in [0.2, 0.25) is 0 Å². The Labute approximate surface area is 161 Å². The van der Waals surface area contributed by atoms with E-state index in [0.29, 0.717) is 16.8 Å². The molecular formula is C21H19N3O4. The second kappa shape index (κ2) is 7.87. The molecule has 2 aromatic carbocycles. The van der Waals surface area contributed by atoms with Crippen LogP contribution in [0.25, 0.3) is 0 Å². The molecule has 3 rings (SSSR count). The molecular weight excluding hydrogens is 358 g/mol. The van der Waals surface area contributed by atoms with Gasteiger partial charge in [0.1, 0.15) is 0 Å². The lowest BCUT2D eigenvalue weighted by atomic mass is 10.1. The summed E-state index contributed by atoms with van der Waals surface area (Å²) in [7, 11) is 0. The Morgan fingerprint density at radius 2 is 1.75 bits per heavy atom. The maximum absolute atomic E-state index is 13.2. The van der Waals surface area contributed by atoms with Gasteiger partial charge in [-0.2, -0.15) is 0 Å². The number of hydrogen-bond donors (Lipinski definition) is 0.